The standard InChI is InChI=1S/C13H21N3O4S/c1-5-15(9-10(2)3)21(19,20)11-6-7-13(16(17)18)12(8-11)14-4/h6-8,10,14H,5,9H2,1-4H3. The number of hydrogen-bond donors (Lipinski definition) is 1. The molecule has 21 heavy (non-hydrogen) atoms. The Hall–Kier alpha value is -1.67. The van der Waals surface area contributed by atoms with Gasteiger partial charge in [-0.15, -0.1) is 0 Å². The third-order valence-corrected chi connectivity index (χ3v) is 4.93. The number of rotatable bonds is 7. The lowest BCUT2D eigenvalue weighted by molar-refractivity contribution is -0.384. The summed E-state index contributed by atoms with van der Waals surface area (Å²) in [5.41, 5.74) is 0.0324. The van der Waals surface area contributed by atoms with Crippen LogP contribution in [0.4, 0.5) is 11.4 Å². The Labute approximate surface area is 125 Å². The van der Waals surface area contributed by atoms with E-state index in [4.69, 9.17) is 0 Å². The first kappa shape index (κ1) is 17.4. The summed E-state index contributed by atoms with van der Waals surface area (Å²) in [5.74, 6) is 0.196. The molecule has 0 saturated carbocycles. The van der Waals surface area contributed by atoms with Crippen LogP contribution in [0, 0.1) is 16.0 Å². The molecule has 0 aliphatic carbocycles. The van der Waals surface area contributed by atoms with Crippen LogP contribution < -0.4 is 5.32 Å². The number of hydrogen-bond acceptors (Lipinski definition) is 5. The molecule has 0 heterocycles. The van der Waals surface area contributed by atoms with Crippen LogP contribution in [0.1, 0.15) is 20.8 Å². The monoisotopic (exact) mass is 315 g/mol. The van der Waals surface area contributed by atoms with Crippen LogP contribution in [0.25, 0.3) is 0 Å². The summed E-state index contributed by atoms with van der Waals surface area (Å²) in [7, 11) is -2.13. The number of sulfonamides is 1. The SMILES string of the molecule is CCN(CC(C)C)S(=O)(=O)c1ccc([N+](=O)[O-])c(NC)c1. The summed E-state index contributed by atoms with van der Waals surface area (Å²) in [5, 5.41) is 13.5. The minimum atomic E-state index is -3.65. The Morgan fingerprint density at radius 2 is 2.00 bits per heavy atom. The van der Waals surface area contributed by atoms with Crippen molar-refractivity contribution >= 4 is 21.4 Å². The maximum atomic E-state index is 12.6. The third-order valence-electron chi connectivity index (χ3n) is 2.99. The number of nitro benzene ring substituents is 1. The van der Waals surface area contributed by atoms with E-state index in [2.05, 4.69) is 5.32 Å². The Kier molecular flexibility index (Phi) is 5.68. The summed E-state index contributed by atoms with van der Waals surface area (Å²) < 4.78 is 26.5. The molecule has 0 spiro atoms. The molecular weight excluding hydrogens is 294 g/mol. The molecule has 0 atom stereocenters. The van der Waals surface area contributed by atoms with Crippen LogP contribution in [0.5, 0.6) is 0 Å². The van der Waals surface area contributed by atoms with Crippen LogP contribution in [0.15, 0.2) is 23.1 Å². The van der Waals surface area contributed by atoms with Gasteiger partial charge in [0, 0.05) is 26.2 Å². The first-order valence-corrected chi connectivity index (χ1v) is 8.14. The lowest BCUT2D eigenvalue weighted by Gasteiger charge is -2.22. The second-order valence-electron chi connectivity index (χ2n) is 5.04. The number of nitrogens with zero attached hydrogens (tertiary/aromatic N) is 2. The van der Waals surface area contributed by atoms with Crippen molar-refractivity contribution in [2.75, 3.05) is 25.5 Å². The zero-order valence-electron chi connectivity index (χ0n) is 12.7. The summed E-state index contributed by atoms with van der Waals surface area (Å²) in [6.45, 7) is 6.40. The fourth-order valence-corrected chi connectivity index (χ4v) is 3.63. The second kappa shape index (κ2) is 6.86. The highest BCUT2D eigenvalue weighted by molar-refractivity contribution is 7.89. The molecular formula is C13H21N3O4S. The first-order valence-electron chi connectivity index (χ1n) is 6.70. The van der Waals surface area contributed by atoms with E-state index in [0.29, 0.717) is 13.1 Å². The van der Waals surface area contributed by atoms with Gasteiger partial charge in [0.2, 0.25) is 10.0 Å². The van der Waals surface area contributed by atoms with Crippen LogP contribution in [-0.4, -0.2) is 37.8 Å². The van der Waals surface area contributed by atoms with E-state index in [1.54, 1.807) is 6.92 Å². The third kappa shape index (κ3) is 3.92. The number of anilines is 1. The highest BCUT2D eigenvalue weighted by Crippen LogP contribution is 2.28. The topological polar surface area (TPSA) is 92.5 Å². The van der Waals surface area contributed by atoms with Gasteiger partial charge in [0.05, 0.1) is 9.82 Å². The lowest BCUT2D eigenvalue weighted by Crippen LogP contribution is -2.34. The molecule has 1 rings (SSSR count). The molecule has 1 N–H and O–H groups in total. The van der Waals surface area contributed by atoms with E-state index in [1.165, 1.54) is 29.6 Å². The summed E-state index contributed by atoms with van der Waals surface area (Å²) >= 11 is 0. The van der Waals surface area contributed by atoms with Gasteiger partial charge in [0.25, 0.3) is 5.69 Å². The second-order valence-corrected chi connectivity index (χ2v) is 6.97. The molecule has 0 bridgehead atoms. The largest absolute Gasteiger partial charge is 0.383 e. The van der Waals surface area contributed by atoms with Gasteiger partial charge in [-0.25, -0.2) is 8.42 Å². The van der Waals surface area contributed by atoms with E-state index in [1.807, 2.05) is 13.8 Å². The number of nitrogens with one attached hydrogen (secondary N) is 1. The highest BCUT2D eigenvalue weighted by Gasteiger charge is 2.26. The maximum Gasteiger partial charge on any atom is 0.292 e. The lowest BCUT2D eigenvalue weighted by atomic mass is 10.2. The van der Waals surface area contributed by atoms with Gasteiger partial charge in [0.15, 0.2) is 0 Å². The Morgan fingerprint density at radius 3 is 2.43 bits per heavy atom. The fraction of sp³-hybridized carbons (Fsp3) is 0.538. The van der Waals surface area contributed by atoms with E-state index in [0.717, 1.165) is 0 Å². The van der Waals surface area contributed by atoms with Gasteiger partial charge in [-0.1, -0.05) is 20.8 Å². The minimum Gasteiger partial charge on any atom is -0.383 e. The van der Waals surface area contributed by atoms with Gasteiger partial charge < -0.3 is 5.32 Å². The molecule has 1 aromatic carbocycles. The van der Waals surface area contributed by atoms with Crippen molar-refractivity contribution in [3.63, 3.8) is 0 Å². The van der Waals surface area contributed by atoms with Crippen LogP contribution in [0.2, 0.25) is 0 Å². The molecule has 0 amide bonds. The molecule has 0 aliphatic rings. The molecule has 7 nitrogen and oxygen atoms in total. The van der Waals surface area contributed by atoms with E-state index in [9.17, 15) is 18.5 Å². The zero-order chi connectivity index (χ0) is 16.2. The van der Waals surface area contributed by atoms with Crippen molar-refractivity contribution in [3.05, 3.63) is 28.3 Å². The van der Waals surface area contributed by atoms with E-state index < -0.39 is 14.9 Å². The van der Waals surface area contributed by atoms with Gasteiger partial charge in [-0.3, -0.25) is 10.1 Å². The van der Waals surface area contributed by atoms with Crippen molar-refractivity contribution < 1.29 is 13.3 Å². The fourth-order valence-electron chi connectivity index (χ4n) is 1.99. The maximum absolute atomic E-state index is 12.6. The van der Waals surface area contributed by atoms with E-state index >= 15 is 0 Å². The molecule has 118 valence electrons. The van der Waals surface area contributed by atoms with Crippen LogP contribution in [0.3, 0.4) is 0 Å². The summed E-state index contributed by atoms with van der Waals surface area (Å²) in [6, 6.07) is 3.79. The normalized spacial score (nSPS) is 11.9. The Bertz CT molecular complexity index is 614. The zero-order valence-corrected chi connectivity index (χ0v) is 13.5. The van der Waals surface area contributed by atoms with Crippen molar-refractivity contribution in [1.29, 1.82) is 0 Å². The van der Waals surface area contributed by atoms with Gasteiger partial charge >= 0.3 is 0 Å². The van der Waals surface area contributed by atoms with Crippen LogP contribution in [-0.2, 0) is 10.0 Å². The quantitative estimate of drug-likeness (QED) is 0.615. The van der Waals surface area contributed by atoms with Crippen molar-refractivity contribution in [1.82, 2.24) is 4.31 Å². The number of benzene rings is 1. The summed E-state index contributed by atoms with van der Waals surface area (Å²) in [4.78, 5) is 10.4. The number of nitro groups is 1. The smallest absolute Gasteiger partial charge is 0.292 e. The Morgan fingerprint density at radius 1 is 1.38 bits per heavy atom. The predicted molar refractivity (Wildman–Crippen MR) is 81.9 cm³/mol. The van der Waals surface area contributed by atoms with Crippen molar-refractivity contribution in [3.8, 4) is 0 Å². The van der Waals surface area contributed by atoms with Gasteiger partial charge in [-0.05, 0) is 18.1 Å². The van der Waals surface area contributed by atoms with Gasteiger partial charge in [0.1, 0.15) is 5.69 Å². The predicted octanol–water partition coefficient (Wildman–Crippen LogP) is 2.30. The molecule has 1 aromatic rings. The highest BCUT2D eigenvalue weighted by atomic mass is 32.2. The average Bonchev–Trinajstić information content (AvgIpc) is 2.43. The first-order chi connectivity index (χ1) is 9.73. The van der Waals surface area contributed by atoms with E-state index in [-0.39, 0.29) is 22.2 Å². The molecule has 0 unspecified atom stereocenters. The molecule has 0 fully saturated rings. The Balaban J connectivity index is 3.28. The van der Waals surface area contributed by atoms with Gasteiger partial charge in [-0.2, -0.15) is 4.31 Å². The van der Waals surface area contributed by atoms with Crippen molar-refractivity contribution in [2.45, 2.75) is 25.7 Å². The summed E-state index contributed by atoms with van der Waals surface area (Å²) in [6.07, 6.45) is 0. The average molecular weight is 315 g/mol. The molecule has 0 aliphatic heterocycles. The molecule has 0 saturated heterocycles. The molecule has 0 aromatic heterocycles. The molecule has 8 heteroatoms. The van der Waals surface area contributed by atoms with Crippen LogP contribution >= 0.6 is 0 Å². The minimum absolute atomic E-state index is 0.0555. The van der Waals surface area contributed by atoms with Crippen molar-refractivity contribution in [2.24, 2.45) is 5.92 Å². The molecule has 0 radical (unpaired) electrons.